The van der Waals surface area contributed by atoms with Crippen molar-refractivity contribution in [3.05, 3.63) is 36.0 Å². The molecule has 1 fully saturated rings. The molecule has 0 saturated carbocycles. The molecule has 0 amide bonds. The van der Waals surface area contributed by atoms with Crippen molar-refractivity contribution in [2.75, 3.05) is 20.1 Å². The number of nitrogens with zero attached hydrogens (tertiary/aromatic N) is 2. The third kappa shape index (κ3) is 1.31. The molecule has 2 aliphatic rings. The molecule has 17 heavy (non-hydrogen) atoms. The number of hydrogen-bond donors (Lipinski definition) is 0. The van der Waals surface area contributed by atoms with Crippen LogP contribution < -0.4 is 0 Å². The predicted octanol–water partition coefficient (Wildman–Crippen LogP) is 2.69. The summed E-state index contributed by atoms with van der Waals surface area (Å²) in [7, 11) is 2.25. The summed E-state index contributed by atoms with van der Waals surface area (Å²) >= 11 is 0. The standard InChI is InChI=1S/C15H18N2/c1-16-7-5-12-9-17-8-6-11-3-2-4-13(15(11)17)14(12)10-16/h2-4,6,8,12,14H,5,7,9-10H2,1H3/t12-,14+/m0/s1. The van der Waals surface area contributed by atoms with Crippen molar-refractivity contribution >= 4 is 10.9 Å². The number of hydrogen-bond acceptors (Lipinski definition) is 1. The zero-order valence-corrected chi connectivity index (χ0v) is 10.3. The van der Waals surface area contributed by atoms with Crippen LogP contribution in [0.25, 0.3) is 10.9 Å². The molecule has 0 bridgehead atoms. The molecule has 1 saturated heterocycles. The maximum absolute atomic E-state index is 2.48. The molecular formula is C15H18N2. The molecule has 2 nitrogen and oxygen atoms in total. The summed E-state index contributed by atoms with van der Waals surface area (Å²) in [5.74, 6) is 1.59. The lowest BCUT2D eigenvalue weighted by atomic mass is 9.78. The van der Waals surface area contributed by atoms with Crippen LogP contribution in [-0.2, 0) is 6.54 Å². The minimum absolute atomic E-state index is 0.750. The van der Waals surface area contributed by atoms with E-state index in [1.54, 1.807) is 5.56 Å². The van der Waals surface area contributed by atoms with Gasteiger partial charge in [-0.2, -0.15) is 0 Å². The minimum atomic E-state index is 0.750. The maximum atomic E-state index is 2.48. The third-order valence-electron chi connectivity index (χ3n) is 4.61. The average molecular weight is 226 g/mol. The summed E-state index contributed by atoms with van der Waals surface area (Å²) in [4.78, 5) is 2.48. The fraction of sp³-hybridized carbons (Fsp3) is 0.467. The molecule has 0 aliphatic carbocycles. The molecule has 88 valence electrons. The quantitative estimate of drug-likeness (QED) is 0.670. The van der Waals surface area contributed by atoms with Crippen LogP contribution in [0.4, 0.5) is 0 Å². The highest BCUT2D eigenvalue weighted by molar-refractivity contribution is 5.84. The van der Waals surface area contributed by atoms with Crippen LogP contribution in [0.2, 0.25) is 0 Å². The Labute approximate surface area is 102 Å². The molecule has 2 aromatic rings. The van der Waals surface area contributed by atoms with Crippen LogP contribution in [0, 0.1) is 5.92 Å². The van der Waals surface area contributed by atoms with Crippen molar-refractivity contribution in [1.82, 2.24) is 9.47 Å². The van der Waals surface area contributed by atoms with E-state index in [-0.39, 0.29) is 0 Å². The number of rotatable bonds is 0. The second-order valence-electron chi connectivity index (χ2n) is 5.67. The van der Waals surface area contributed by atoms with Crippen molar-refractivity contribution in [2.24, 2.45) is 5.92 Å². The minimum Gasteiger partial charge on any atom is -0.347 e. The molecule has 3 heterocycles. The lowest BCUT2D eigenvalue weighted by molar-refractivity contribution is 0.170. The van der Waals surface area contributed by atoms with Gasteiger partial charge < -0.3 is 9.47 Å². The summed E-state index contributed by atoms with van der Waals surface area (Å²) in [5.41, 5.74) is 3.07. The van der Waals surface area contributed by atoms with Crippen molar-refractivity contribution in [1.29, 1.82) is 0 Å². The van der Waals surface area contributed by atoms with Crippen LogP contribution in [0.1, 0.15) is 17.9 Å². The van der Waals surface area contributed by atoms with Crippen LogP contribution in [0.15, 0.2) is 30.5 Å². The number of likely N-dealkylation sites (N-methyl/N-ethyl adjacent to an activating group) is 1. The van der Waals surface area contributed by atoms with Crippen molar-refractivity contribution in [2.45, 2.75) is 18.9 Å². The van der Waals surface area contributed by atoms with Gasteiger partial charge in [0.15, 0.2) is 0 Å². The molecule has 0 N–H and O–H groups in total. The van der Waals surface area contributed by atoms with E-state index in [4.69, 9.17) is 0 Å². The molecule has 1 aromatic heterocycles. The lowest BCUT2D eigenvalue weighted by Crippen LogP contribution is -2.40. The monoisotopic (exact) mass is 226 g/mol. The predicted molar refractivity (Wildman–Crippen MR) is 70.3 cm³/mol. The van der Waals surface area contributed by atoms with E-state index in [1.165, 1.54) is 37.0 Å². The van der Waals surface area contributed by atoms with Gasteiger partial charge in [0.1, 0.15) is 0 Å². The fourth-order valence-electron chi connectivity index (χ4n) is 3.73. The van der Waals surface area contributed by atoms with Crippen LogP contribution in [-0.4, -0.2) is 29.6 Å². The fourth-order valence-corrected chi connectivity index (χ4v) is 3.73. The van der Waals surface area contributed by atoms with Gasteiger partial charge in [0, 0.05) is 25.2 Å². The van der Waals surface area contributed by atoms with Gasteiger partial charge in [-0.05, 0) is 42.9 Å². The highest BCUT2D eigenvalue weighted by atomic mass is 15.1. The van der Waals surface area contributed by atoms with E-state index < -0.39 is 0 Å². The van der Waals surface area contributed by atoms with E-state index >= 15 is 0 Å². The smallest absolute Gasteiger partial charge is 0.0516 e. The number of aromatic nitrogens is 1. The van der Waals surface area contributed by atoms with E-state index in [2.05, 4.69) is 47.0 Å². The Balaban J connectivity index is 1.92. The summed E-state index contributed by atoms with van der Waals surface area (Å²) in [6, 6.07) is 9.07. The zero-order chi connectivity index (χ0) is 11.4. The van der Waals surface area contributed by atoms with Gasteiger partial charge in [-0.15, -0.1) is 0 Å². The van der Waals surface area contributed by atoms with Gasteiger partial charge in [-0.25, -0.2) is 0 Å². The van der Waals surface area contributed by atoms with Crippen molar-refractivity contribution < 1.29 is 0 Å². The lowest BCUT2D eigenvalue weighted by Gasteiger charge is -2.40. The number of likely N-dealkylation sites (tertiary alicyclic amines) is 1. The number of benzene rings is 1. The van der Waals surface area contributed by atoms with Crippen LogP contribution in [0.5, 0.6) is 0 Å². The van der Waals surface area contributed by atoms with E-state index in [0.29, 0.717) is 0 Å². The number of para-hydroxylation sites is 1. The SMILES string of the molecule is CN1CC[C@H]2Cn3ccc4cccc(c43)[C@@H]2C1. The Morgan fingerprint density at radius 2 is 2.12 bits per heavy atom. The third-order valence-corrected chi connectivity index (χ3v) is 4.61. The highest BCUT2D eigenvalue weighted by Crippen LogP contribution is 2.41. The Hall–Kier alpha value is -1.28. The van der Waals surface area contributed by atoms with Gasteiger partial charge in [0.25, 0.3) is 0 Å². The molecular weight excluding hydrogens is 208 g/mol. The van der Waals surface area contributed by atoms with Crippen LogP contribution >= 0.6 is 0 Å². The average Bonchev–Trinajstić information content (AvgIpc) is 2.75. The summed E-state index contributed by atoms with van der Waals surface area (Å²) in [6.07, 6.45) is 3.61. The summed E-state index contributed by atoms with van der Waals surface area (Å²) in [5, 5.41) is 1.41. The van der Waals surface area contributed by atoms with E-state index in [9.17, 15) is 0 Å². The molecule has 0 unspecified atom stereocenters. The van der Waals surface area contributed by atoms with E-state index in [1.807, 2.05) is 0 Å². The topological polar surface area (TPSA) is 8.17 Å². The molecule has 2 aliphatic heterocycles. The van der Waals surface area contributed by atoms with E-state index in [0.717, 1.165) is 11.8 Å². The Bertz CT molecular complexity index is 569. The first-order valence-corrected chi connectivity index (χ1v) is 6.59. The maximum Gasteiger partial charge on any atom is 0.0516 e. The van der Waals surface area contributed by atoms with Crippen LogP contribution in [0.3, 0.4) is 0 Å². The summed E-state index contributed by atoms with van der Waals surface area (Å²) in [6.45, 7) is 3.71. The Morgan fingerprint density at radius 1 is 1.18 bits per heavy atom. The number of piperidine rings is 1. The first-order chi connectivity index (χ1) is 8.33. The molecule has 2 heteroatoms. The molecule has 0 spiro atoms. The van der Waals surface area contributed by atoms with Gasteiger partial charge in [-0.3, -0.25) is 0 Å². The second kappa shape index (κ2) is 3.36. The van der Waals surface area contributed by atoms with Crippen molar-refractivity contribution in [3.63, 3.8) is 0 Å². The van der Waals surface area contributed by atoms with Gasteiger partial charge in [-0.1, -0.05) is 18.2 Å². The highest BCUT2D eigenvalue weighted by Gasteiger charge is 2.33. The van der Waals surface area contributed by atoms with Gasteiger partial charge in [0.2, 0.25) is 0 Å². The Morgan fingerprint density at radius 3 is 3.06 bits per heavy atom. The van der Waals surface area contributed by atoms with Gasteiger partial charge >= 0.3 is 0 Å². The Kier molecular flexibility index (Phi) is 1.92. The zero-order valence-electron chi connectivity index (χ0n) is 10.3. The molecule has 2 atom stereocenters. The second-order valence-corrected chi connectivity index (χ2v) is 5.67. The normalized spacial score (nSPS) is 28.3. The van der Waals surface area contributed by atoms with Crippen molar-refractivity contribution in [3.8, 4) is 0 Å². The largest absolute Gasteiger partial charge is 0.347 e. The summed E-state index contributed by atoms with van der Waals surface area (Å²) < 4.78 is 2.47. The number of fused-ring (bicyclic) bond motifs is 2. The van der Waals surface area contributed by atoms with Gasteiger partial charge in [0.05, 0.1) is 5.52 Å². The molecule has 4 rings (SSSR count). The molecule has 0 radical (unpaired) electrons. The first kappa shape index (κ1) is 9.72. The molecule has 1 aromatic carbocycles. The first-order valence-electron chi connectivity index (χ1n) is 6.59.